The van der Waals surface area contributed by atoms with Gasteiger partial charge in [-0.05, 0) is 24.8 Å². The van der Waals surface area contributed by atoms with Crippen LogP contribution in [-0.2, 0) is 4.79 Å². The van der Waals surface area contributed by atoms with Crippen LogP contribution in [-0.4, -0.2) is 28.8 Å². The van der Waals surface area contributed by atoms with E-state index in [0.717, 1.165) is 6.07 Å². The normalized spacial score (nSPS) is 13.4. The summed E-state index contributed by atoms with van der Waals surface area (Å²) in [5, 5.41) is 16.2. The molecule has 0 aliphatic heterocycles. The molecule has 0 saturated carbocycles. The molecule has 0 bridgehead atoms. The van der Waals surface area contributed by atoms with Gasteiger partial charge in [-0.3, -0.25) is 19.7 Å². The van der Waals surface area contributed by atoms with Crippen molar-refractivity contribution >= 4 is 29.1 Å². The summed E-state index contributed by atoms with van der Waals surface area (Å²) in [6, 6.07) is 2.82. The highest BCUT2D eigenvalue weighted by atomic mass is 35.5. The summed E-state index contributed by atoms with van der Waals surface area (Å²) in [5.41, 5.74) is -0.118. The minimum Gasteiger partial charge on any atom is -0.352 e. The van der Waals surface area contributed by atoms with Gasteiger partial charge in [0.15, 0.2) is 0 Å². The van der Waals surface area contributed by atoms with Crippen molar-refractivity contribution in [2.24, 2.45) is 11.8 Å². The largest absolute Gasteiger partial charge is 0.352 e. The van der Waals surface area contributed by atoms with E-state index in [9.17, 15) is 19.7 Å². The molecule has 0 spiro atoms. The lowest BCUT2D eigenvalue weighted by atomic mass is 10.0. The van der Waals surface area contributed by atoms with Crippen molar-refractivity contribution in [3.63, 3.8) is 0 Å². The zero-order valence-corrected chi connectivity index (χ0v) is 15.8. The fourth-order valence-electron chi connectivity index (χ4n) is 2.04. The second-order valence-corrected chi connectivity index (χ2v) is 7.06. The number of hydrogen-bond donors (Lipinski definition) is 2. The average Bonchev–Trinajstić information content (AvgIpc) is 2.51. The molecule has 0 saturated heterocycles. The smallest absolute Gasteiger partial charge is 0.270 e. The number of nitrogens with zero attached hydrogens (tertiary/aromatic N) is 1. The van der Waals surface area contributed by atoms with E-state index in [1.807, 2.05) is 34.6 Å². The van der Waals surface area contributed by atoms with E-state index < -0.39 is 16.9 Å². The summed E-state index contributed by atoms with van der Waals surface area (Å²) in [4.78, 5) is 35.0. The van der Waals surface area contributed by atoms with E-state index in [-0.39, 0.29) is 40.1 Å². The number of carbonyl (C=O) groups is 2. The van der Waals surface area contributed by atoms with E-state index in [0.29, 0.717) is 0 Å². The molecule has 2 N–H and O–H groups in total. The van der Waals surface area contributed by atoms with Gasteiger partial charge in [-0.15, -0.1) is 0 Å². The minimum atomic E-state index is -0.736. The van der Waals surface area contributed by atoms with Crippen LogP contribution in [0.15, 0.2) is 18.2 Å². The molecule has 0 aliphatic rings. The van der Waals surface area contributed by atoms with Crippen LogP contribution in [0.5, 0.6) is 0 Å². The summed E-state index contributed by atoms with van der Waals surface area (Å²) < 4.78 is 0. The molecule has 0 aromatic heterocycles. The quantitative estimate of drug-likeness (QED) is 0.569. The number of nitro benzene ring substituents is 1. The Morgan fingerprint density at radius 3 is 2.12 bits per heavy atom. The van der Waals surface area contributed by atoms with Crippen LogP contribution in [0.1, 0.15) is 45.0 Å². The van der Waals surface area contributed by atoms with Crippen LogP contribution < -0.4 is 10.6 Å². The van der Waals surface area contributed by atoms with E-state index in [1.54, 1.807) is 0 Å². The van der Waals surface area contributed by atoms with Crippen molar-refractivity contribution in [3.8, 4) is 0 Å². The van der Waals surface area contributed by atoms with Gasteiger partial charge in [0.1, 0.15) is 6.04 Å². The molecule has 0 heterocycles. The molecule has 8 heteroatoms. The van der Waals surface area contributed by atoms with E-state index in [1.165, 1.54) is 12.1 Å². The van der Waals surface area contributed by atoms with Gasteiger partial charge in [0.25, 0.3) is 11.6 Å². The van der Waals surface area contributed by atoms with Crippen LogP contribution in [0.4, 0.5) is 5.69 Å². The molecule has 138 valence electrons. The van der Waals surface area contributed by atoms with Gasteiger partial charge in [-0.2, -0.15) is 0 Å². The number of nitro groups is 1. The number of rotatable bonds is 7. The number of benzene rings is 1. The number of amides is 2. The van der Waals surface area contributed by atoms with Crippen LogP contribution in [0.3, 0.4) is 0 Å². The molecule has 2 unspecified atom stereocenters. The Hall–Kier alpha value is -2.15. The second-order valence-electron chi connectivity index (χ2n) is 6.66. The summed E-state index contributed by atoms with van der Waals surface area (Å²) in [6.45, 7) is 9.52. The average molecular weight is 370 g/mol. The van der Waals surface area contributed by atoms with Gasteiger partial charge in [-0.25, -0.2) is 0 Å². The predicted molar refractivity (Wildman–Crippen MR) is 96.6 cm³/mol. The first-order valence-corrected chi connectivity index (χ1v) is 8.47. The number of hydrogen-bond acceptors (Lipinski definition) is 4. The lowest BCUT2D eigenvalue weighted by Crippen LogP contribution is -2.52. The zero-order valence-electron chi connectivity index (χ0n) is 15.0. The standard InChI is InChI=1S/C17H24ClN3O4/c1-9(2)11(5)19-17(23)15(10(3)4)20-16(22)13-7-6-12(21(24)25)8-14(13)18/h6-11,15H,1-5H3,(H,19,23)(H,20,22). The third kappa shape index (κ3) is 5.70. The first kappa shape index (κ1) is 20.9. The van der Waals surface area contributed by atoms with Crippen molar-refractivity contribution in [1.82, 2.24) is 10.6 Å². The Kier molecular flexibility index (Phi) is 7.36. The molecule has 2 atom stereocenters. The van der Waals surface area contributed by atoms with Crippen LogP contribution in [0, 0.1) is 22.0 Å². The highest BCUT2D eigenvalue weighted by Gasteiger charge is 2.27. The highest BCUT2D eigenvalue weighted by molar-refractivity contribution is 6.34. The van der Waals surface area contributed by atoms with E-state index in [2.05, 4.69) is 10.6 Å². The molecule has 0 radical (unpaired) electrons. The molecule has 1 aromatic carbocycles. The number of non-ortho nitro benzene ring substituents is 1. The van der Waals surface area contributed by atoms with E-state index >= 15 is 0 Å². The van der Waals surface area contributed by atoms with Crippen LogP contribution in [0.2, 0.25) is 5.02 Å². The zero-order chi connectivity index (χ0) is 19.3. The predicted octanol–water partition coefficient (Wildman–Crippen LogP) is 3.16. The fraction of sp³-hybridized carbons (Fsp3) is 0.529. The third-order valence-corrected chi connectivity index (χ3v) is 4.33. The second kappa shape index (κ2) is 8.80. The van der Waals surface area contributed by atoms with Crippen molar-refractivity contribution in [1.29, 1.82) is 0 Å². The maximum atomic E-state index is 12.4. The van der Waals surface area contributed by atoms with Crippen molar-refractivity contribution in [3.05, 3.63) is 38.9 Å². The molecule has 0 aliphatic carbocycles. The Morgan fingerprint density at radius 2 is 1.68 bits per heavy atom. The number of halogens is 1. The summed E-state index contributed by atoms with van der Waals surface area (Å²) >= 11 is 5.97. The Balaban J connectivity index is 2.93. The van der Waals surface area contributed by atoms with Crippen molar-refractivity contribution in [2.45, 2.75) is 46.7 Å². The van der Waals surface area contributed by atoms with Gasteiger partial charge in [0, 0.05) is 18.2 Å². The molecule has 7 nitrogen and oxygen atoms in total. The van der Waals surface area contributed by atoms with Gasteiger partial charge in [-0.1, -0.05) is 39.3 Å². The molecular formula is C17H24ClN3O4. The molecular weight excluding hydrogens is 346 g/mol. The van der Waals surface area contributed by atoms with Gasteiger partial charge < -0.3 is 10.6 Å². The summed E-state index contributed by atoms with van der Waals surface area (Å²) in [7, 11) is 0. The third-order valence-electron chi connectivity index (χ3n) is 4.01. The Bertz CT molecular complexity index is 661. The van der Waals surface area contributed by atoms with Crippen LogP contribution >= 0.6 is 11.6 Å². The maximum absolute atomic E-state index is 12.4. The molecule has 1 aromatic rings. The highest BCUT2D eigenvalue weighted by Crippen LogP contribution is 2.22. The van der Waals surface area contributed by atoms with Gasteiger partial charge >= 0.3 is 0 Å². The van der Waals surface area contributed by atoms with Gasteiger partial charge in [0.2, 0.25) is 5.91 Å². The minimum absolute atomic E-state index is 0.0337. The molecule has 1 rings (SSSR count). The van der Waals surface area contributed by atoms with Crippen molar-refractivity contribution < 1.29 is 14.5 Å². The monoisotopic (exact) mass is 369 g/mol. The first-order valence-electron chi connectivity index (χ1n) is 8.09. The van der Waals surface area contributed by atoms with E-state index in [4.69, 9.17) is 11.6 Å². The number of nitrogens with one attached hydrogen (secondary N) is 2. The first-order chi connectivity index (χ1) is 11.5. The lowest BCUT2D eigenvalue weighted by Gasteiger charge is -2.25. The molecule has 2 amide bonds. The lowest BCUT2D eigenvalue weighted by molar-refractivity contribution is -0.384. The Morgan fingerprint density at radius 1 is 1.08 bits per heavy atom. The maximum Gasteiger partial charge on any atom is 0.270 e. The molecule has 0 fully saturated rings. The summed E-state index contributed by atoms with van der Waals surface area (Å²) in [6.07, 6.45) is 0. The SMILES string of the molecule is CC(C)C(C)NC(=O)C(NC(=O)c1ccc([N+](=O)[O-])cc1Cl)C(C)C. The Labute approximate surface area is 152 Å². The number of carbonyl (C=O) groups excluding carboxylic acids is 2. The fourth-order valence-corrected chi connectivity index (χ4v) is 2.30. The molecule has 25 heavy (non-hydrogen) atoms. The topological polar surface area (TPSA) is 101 Å². The van der Waals surface area contributed by atoms with Gasteiger partial charge in [0.05, 0.1) is 15.5 Å². The van der Waals surface area contributed by atoms with Crippen molar-refractivity contribution in [2.75, 3.05) is 0 Å². The summed E-state index contributed by atoms with van der Waals surface area (Å²) in [5.74, 6) is -0.703. The van der Waals surface area contributed by atoms with Crippen LogP contribution in [0.25, 0.3) is 0 Å².